The topological polar surface area (TPSA) is 61.9 Å². The van der Waals surface area contributed by atoms with E-state index in [9.17, 15) is 4.79 Å². The lowest BCUT2D eigenvalue weighted by atomic mass is 10.4. The van der Waals surface area contributed by atoms with Crippen molar-refractivity contribution in [2.24, 2.45) is 0 Å². The van der Waals surface area contributed by atoms with E-state index < -0.39 is 0 Å². The summed E-state index contributed by atoms with van der Waals surface area (Å²) < 4.78 is 0. The largest absolute Gasteiger partial charge is 0.332 e. The molecule has 5 nitrogen and oxygen atoms in total. The van der Waals surface area contributed by atoms with E-state index in [1.54, 1.807) is 11.0 Å². The Morgan fingerprint density at radius 1 is 1.60 bits per heavy atom. The molecule has 0 aliphatic rings. The van der Waals surface area contributed by atoms with Crippen LogP contribution in [0.5, 0.6) is 0 Å². The van der Waals surface area contributed by atoms with E-state index >= 15 is 0 Å². The molecular weight excluding hydrogens is 192 g/mol. The van der Waals surface area contributed by atoms with Gasteiger partial charge in [0.2, 0.25) is 5.82 Å². The van der Waals surface area contributed by atoms with E-state index in [1.807, 2.05) is 13.8 Å². The third-order valence-corrected chi connectivity index (χ3v) is 2.08. The normalized spacial score (nSPS) is 10.0. The van der Waals surface area contributed by atoms with Gasteiger partial charge < -0.3 is 4.90 Å². The maximum absolute atomic E-state index is 11.8. The SMILES string of the molecule is C=CCN(CC)C(=O)c1n[nH]c(CC)n1. The predicted molar refractivity (Wildman–Crippen MR) is 57.5 cm³/mol. The molecule has 1 amide bonds. The lowest BCUT2D eigenvalue weighted by Crippen LogP contribution is -2.31. The average Bonchev–Trinajstić information content (AvgIpc) is 2.73. The van der Waals surface area contributed by atoms with Crippen LogP contribution in [0, 0.1) is 0 Å². The van der Waals surface area contributed by atoms with Crippen molar-refractivity contribution in [3.63, 3.8) is 0 Å². The molecule has 0 bridgehead atoms. The third kappa shape index (κ3) is 2.65. The molecule has 1 aromatic rings. The molecule has 0 aromatic carbocycles. The maximum atomic E-state index is 11.8. The Labute approximate surface area is 89.2 Å². The summed E-state index contributed by atoms with van der Waals surface area (Å²) >= 11 is 0. The van der Waals surface area contributed by atoms with Crippen LogP contribution in [0.15, 0.2) is 12.7 Å². The zero-order valence-corrected chi connectivity index (χ0v) is 9.16. The minimum absolute atomic E-state index is 0.159. The van der Waals surface area contributed by atoms with E-state index in [2.05, 4.69) is 21.8 Å². The van der Waals surface area contributed by atoms with Crippen LogP contribution in [-0.4, -0.2) is 39.1 Å². The lowest BCUT2D eigenvalue weighted by molar-refractivity contribution is 0.0770. The lowest BCUT2D eigenvalue weighted by Gasteiger charge is -2.16. The summed E-state index contributed by atoms with van der Waals surface area (Å²) in [5, 5.41) is 6.60. The molecule has 0 radical (unpaired) electrons. The number of hydrogen-bond donors (Lipinski definition) is 1. The van der Waals surface area contributed by atoms with Gasteiger partial charge in [-0.3, -0.25) is 9.89 Å². The van der Waals surface area contributed by atoms with Gasteiger partial charge in [0.1, 0.15) is 5.82 Å². The second kappa shape index (κ2) is 5.29. The number of carbonyl (C=O) groups is 1. The van der Waals surface area contributed by atoms with Crippen LogP contribution in [0.25, 0.3) is 0 Å². The molecule has 0 atom stereocenters. The number of nitrogens with zero attached hydrogens (tertiary/aromatic N) is 3. The number of carbonyl (C=O) groups excluding carboxylic acids is 1. The third-order valence-electron chi connectivity index (χ3n) is 2.08. The first-order valence-corrected chi connectivity index (χ1v) is 5.04. The van der Waals surface area contributed by atoms with Gasteiger partial charge in [0, 0.05) is 19.5 Å². The molecule has 0 fully saturated rings. The fraction of sp³-hybridized carbons (Fsp3) is 0.500. The van der Waals surface area contributed by atoms with Gasteiger partial charge >= 0.3 is 0 Å². The standard InChI is InChI=1S/C10H16N4O/c1-4-7-14(6-3)10(15)9-11-8(5-2)12-13-9/h4H,1,5-7H2,2-3H3,(H,11,12,13). The van der Waals surface area contributed by atoms with Crippen molar-refractivity contribution < 1.29 is 4.79 Å². The van der Waals surface area contributed by atoms with Gasteiger partial charge in [-0.2, -0.15) is 0 Å². The molecule has 0 spiro atoms. The van der Waals surface area contributed by atoms with E-state index in [-0.39, 0.29) is 11.7 Å². The zero-order chi connectivity index (χ0) is 11.3. The molecule has 1 N–H and O–H groups in total. The van der Waals surface area contributed by atoms with Crippen LogP contribution in [0.2, 0.25) is 0 Å². The fourth-order valence-corrected chi connectivity index (χ4v) is 1.20. The van der Waals surface area contributed by atoms with Crippen LogP contribution in [0.3, 0.4) is 0 Å². The predicted octanol–water partition coefficient (Wildman–Crippen LogP) is 1.02. The second-order valence-corrected chi connectivity index (χ2v) is 3.09. The van der Waals surface area contributed by atoms with Crippen molar-refractivity contribution in [1.82, 2.24) is 20.1 Å². The van der Waals surface area contributed by atoms with Crippen molar-refractivity contribution in [3.8, 4) is 0 Å². The van der Waals surface area contributed by atoms with Crippen molar-refractivity contribution in [1.29, 1.82) is 0 Å². The summed E-state index contributed by atoms with van der Waals surface area (Å²) in [7, 11) is 0. The molecule has 0 saturated carbocycles. The highest BCUT2D eigenvalue weighted by Crippen LogP contribution is 2.00. The molecule has 5 heteroatoms. The van der Waals surface area contributed by atoms with Crippen LogP contribution in [0.1, 0.15) is 30.3 Å². The first kappa shape index (κ1) is 11.4. The molecule has 0 unspecified atom stereocenters. The first-order valence-electron chi connectivity index (χ1n) is 5.04. The molecule has 0 saturated heterocycles. The molecule has 1 aromatic heterocycles. The summed E-state index contributed by atoms with van der Waals surface area (Å²) in [6.45, 7) is 8.61. The number of hydrogen-bond acceptors (Lipinski definition) is 3. The van der Waals surface area contributed by atoms with Gasteiger partial charge in [-0.25, -0.2) is 4.98 Å². The minimum atomic E-state index is -0.159. The van der Waals surface area contributed by atoms with E-state index in [4.69, 9.17) is 0 Å². The highest BCUT2D eigenvalue weighted by molar-refractivity contribution is 5.90. The highest BCUT2D eigenvalue weighted by atomic mass is 16.2. The van der Waals surface area contributed by atoms with Gasteiger partial charge in [0.05, 0.1) is 0 Å². The number of rotatable bonds is 5. The molecule has 1 heterocycles. The number of nitrogens with one attached hydrogen (secondary N) is 1. The Morgan fingerprint density at radius 3 is 2.80 bits per heavy atom. The van der Waals surface area contributed by atoms with Crippen molar-refractivity contribution in [2.45, 2.75) is 20.3 Å². The van der Waals surface area contributed by atoms with Crippen molar-refractivity contribution in [3.05, 3.63) is 24.3 Å². The number of likely N-dealkylation sites (N-methyl/N-ethyl adjacent to an activating group) is 1. The minimum Gasteiger partial charge on any atom is -0.332 e. The number of aryl methyl sites for hydroxylation is 1. The summed E-state index contributed by atoms with van der Waals surface area (Å²) in [4.78, 5) is 17.6. The quantitative estimate of drug-likeness (QED) is 0.735. The summed E-state index contributed by atoms with van der Waals surface area (Å²) in [5.74, 6) is 0.803. The molecular formula is C10H16N4O. The number of aromatic amines is 1. The van der Waals surface area contributed by atoms with Crippen LogP contribution in [-0.2, 0) is 6.42 Å². The maximum Gasteiger partial charge on any atom is 0.293 e. The highest BCUT2D eigenvalue weighted by Gasteiger charge is 2.17. The molecule has 15 heavy (non-hydrogen) atoms. The van der Waals surface area contributed by atoms with Crippen molar-refractivity contribution in [2.75, 3.05) is 13.1 Å². The first-order chi connectivity index (χ1) is 7.22. The van der Waals surface area contributed by atoms with Crippen LogP contribution >= 0.6 is 0 Å². The molecule has 1 rings (SSSR count). The molecule has 0 aliphatic carbocycles. The number of H-pyrrole nitrogens is 1. The van der Waals surface area contributed by atoms with Gasteiger partial charge in [-0.1, -0.05) is 13.0 Å². The van der Waals surface area contributed by atoms with Gasteiger partial charge in [0.15, 0.2) is 0 Å². The summed E-state index contributed by atoms with van der Waals surface area (Å²) in [5.41, 5.74) is 0. The smallest absolute Gasteiger partial charge is 0.293 e. The van der Waals surface area contributed by atoms with E-state index in [1.165, 1.54) is 0 Å². The number of aromatic nitrogens is 3. The monoisotopic (exact) mass is 208 g/mol. The molecule has 82 valence electrons. The summed E-state index contributed by atoms with van der Waals surface area (Å²) in [6, 6.07) is 0. The molecule has 0 aliphatic heterocycles. The Bertz CT molecular complexity index is 345. The van der Waals surface area contributed by atoms with Gasteiger partial charge in [0.25, 0.3) is 5.91 Å². The Kier molecular flexibility index (Phi) is 4.03. The fourth-order valence-electron chi connectivity index (χ4n) is 1.20. The average molecular weight is 208 g/mol. The van der Waals surface area contributed by atoms with Crippen LogP contribution in [0.4, 0.5) is 0 Å². The van der Waals surface area contributed by atoms with E-state index in [0.717, 1.165) is 12.2 Å². The second-order valence-electron chi connectivity index (χ2n) is 3.09. The summed E-state index contributed by atoms with van der Waals surface area (Å²) in [6.07, 6.45) is 2.43. The Morgan fingerprint density at radius 2 is 2.33 bits per heavy atom. The van der Waals surface area contributed by atoms with E-state index in [0.29, 0.717) is 13.1 Å². The van der Waals surface area contributed by atoms with Gasteiger partial charge in [-0.15, -0.1) is 11.7 Å². The van der Waals surface area contributed by atoms with Crippen LogP contribution < -0.4 is 0 Å². The Balaban J connectivity index is 2.77. The van der Waals surface area contributed by atoms with Gasteiger partial charge in [-0.05, 0) is 6.92 Å². The number of amides is 1. The Hall–Kier alpha value is -1.65. The van der Waals surface area contributed by atoms with Crippen molar-refractivity contribution >= 4 is 5.91 Å². The zero-order valence-electron chi connectivity index (χ0n) is 9.16.